The van der Waals surface area contributed by atoms with Gasteiger partial charge in [-0.1, -0.05) is 57.6 Å². The molecule has 0 saturated carbocycles. The molecule has 9 nitrogen and oxygen atoms in total. The van der Waals surface area contributed by atoms with Crippen molar-refractivity contribution in [3.8, 4) is 12.3 Å². The number of ether oxygens (including phenoxy) is 1. The van der Waals surface area contributed by atoms with Crippen LogP contribution in [0.4, 0.5) is 4.79 Å². The highest BCUT2D eigenvalue weighted by Crippen LogP contribution is 2.24. The molecule has 0 aliphatic heterocycles. The number of terminal acetylenes is 1. The van der Waals surface area contributed by atoms with Gasteiger partial charge in [0.2, 0.25) is 17.7 Å². The second-order valence-electron chi connectivity index (χ2n) is 10.3. The highest BCUT2D eigenvalue weighted by Gasteiger charge is 2.36. The Balaban J connectivity index is 3.46. The van der Waals surface area contributed by atoms with Gasteiger partial charge in [-0.3, -0.25) is 14.4 Å². The van der Waals surface area contributed by atoms with Crippen LogP contribution in [0.25, 0.3) is 0 Å². The Morgan fingerprint density at radius 1 is 1.03 bits per heavy atom. The number of carbonyl (C=O) groups excluding carboxylic acids is 4. The molecule has 38 heavy (non-hydrogen) atoms. The highest BCUT2D eigenvalue weighted by molar-refractivity contribution is 5.94. The fourth-order valence-electron chi connectivity index (χ4n) is 3.87. The van der Waals surface area contributed by atoms with E-state index in [1.54, 1.807) is 45.0 Å². The summed E-state index contributed by atoms with van der Waals surface area (Å²) in [5, 5.41) is 5.43. The molecule has 210 valence electrons. The average Bonchev–Trinajstić information content (AvgIpc) is 2.84. The molecule has 0 aliphatic carbocycles. The molecule has 1 rings (SSSR count). The average molecular weight is 529 g/mol. The van der Waals surface area contributed by atoms with Gasteiger partial charge in [0.1, 0.15) is 17.7 Å². The summed E-state index contributed by atoms with van der Waals surface area (Å²) >= 11 is 0. The second-order valence-corrected chi connectivity index (χ2v) is 10.3. The van der Waals surface area contributed by atoms with Gasteiger partial charge in [0.05, 0.1) is 6.42 Å². The van der Waals surface area contributed by atoms with E-state index in [0.29, 0.717) is 24.1 Å². The zero-order valence-electron chi connectivity index (χ0n) is 23.5. The Morgan fingerprint density at radius 3 is 2.16 bits per heavy atom. The molecule has 0 bridgehead atoms. The summed E-state index contributed by atoms with van der Waals surface area (Å²) in [7, 11) is 0. The minimum Gasteiger partial charge on any atom is -0.444 e. The van der Waals surface area contributed by atoms with Gasteiger partial charge >= 0.3 is 6.09 Å². The van der Waals surface area contributed by atoms with Crippen molar-refractivity contribution in [2.75, 3.05) is 13.1 Å². The Morgan fingerprint density at radius 2 is 1.63 bits per heavy atom. The maximum absolute atomic E-state index is 13.9. The number of nitrogens with zero attached hydrogens (tertiary/aromatic N) is 1. The van der Waals surface area contributed by atoms with Gasteiger partial charge in [-0.2, -0.15) is 0 Å². The van der Waals surface area contributed by atoms with Crippen LogP contribution >= 0.6 is 0 Å². The Labute approximate surface area is 227 Å². The number of nitrogens with two attached hydrogens (primary N) is 1. The van der Waals surface area contributed by atoms with Crippen LogP contribution in [-0.2, 0) is 19.1 Å². The van der Waals surface area contributed by atoms with E-state index in [1.807, 2.05) is 6.92 Å². The second kappa shape index (κ2) is 16.3. The fraction of sp³-hybridized carbons (Fsp3) is 0.586. The zero-order chi connectivity index (χ0) is 28.7. The van der Waals surface area contributed by atoms with Crippen molar-refractivity contribution in [1.82, 2.24) is 15.5 Å². The number of nitrogens with one attached hydrogen (secondary N) is 2. The lowest BCUT2D eigenvalue weighted by atomic mass is 10.00. The zero-order valence-corrected chi connectivity index (χ0v) is 23.5. The Bertz CT molecular complexity index is 963. The summed E-state index contributed by atoms with van der Waals surface area (Å²) in [6.45, 7) is 9.87. The van der Waals surface area contributed by atoms with Crippen LogP contribution in [0.1, 0.15) is 96.7 Å². The maximum Gasteiger partial charge on any atom is 0.408 e. The lowest BCUT2D eigenvalue weighted by Gasteiger charge is -2.34. The lowest BCUT2D eigenvalue weighted by molar-refractivity contribution is -0.143. The van der Waals surface area contributed by atoms with Crippen LogP contribution in [0.15, 0.2) is 24.3 Å². The van der Waals surface area contributed by atoms with E-state index in [1.165, 1.54) is 4.90 Å². The monoisotopic (exact) mass is 528 g/mol. The molecule has 2 unspecified atom stereocenters. The van der Waals surface area contributed by atoms with E-state index in [9.17, 15) is 19.2 Å². The lowest BCUT2D eigenvalue weighted by Crippen LogP contribution is -2.54. The van der Waals surface area contributed by atoms with Gasteiger partial charge in [0, 0.05) is 18.7 Å². The molecule has 1 aromatic rings. The molecule has 0 heterocycles. The first-order chi connectivity index (χ1) is 17.9. The van der Waals surface area contributed by atoms with E-state index in [2.05, 4.69) is 23.5 Å². The normalized spacial score (nSPS) is 12.5. The minimum atomic E-state index is -1.30. The number of hydrogen-bond acceptors (Lipinski definition) is 5. The maximum atomic E-state index is 13.9. The predicted molar refractivity (Wildman–Crippen MR) is 148 cm³/mol. The molecule has 0 saturated heterocycles. The van der Waals surface area contributed by atoms with Gasteiger partial charge in [-0.25, -0.2) is 4.79 Å². The topological polar surface area (TPSA) is 131 Å². The number of unbranched alkanes of at least 4 members (excludes halogenated alkanes) is 4. The number of alkyl carbamates (subject to hydrolysis) is 1. The van der Waals surface area contributed by atoms with E-state index < -0.39 is 42.0 Å². The van der Waals surface area contributed by atoms with Crippen molar-refractivity contribution < 1.29 is 23.9 Å². The molecule has 0 fully saturated rings. The van der Waals surface area contributed by atoms with Crippen molar-refractivity contribution >= 4 is 23.8 Å². The number of rotatable bonds is 15. The Kier molecular flexibility index (Phi) is 14.0. The van der Waals surface area contributed by atoms with Crippen LogP contribution in [0.2, 0.25) is 0 Å². The molecule has 4 amide bonds. The first kappa shape index (κ1) is 32.5. The molecule has 0 aliphatic rings. The third kappa shape index (κ3) is 11.7. The smallest absolute Gasteiger partial charge is 0.408 e. The van der Waals surface area contributed by atoms with Gasteiger partial charge in [-0.05, 0) is 51.3 Å². The van der Waals surface area contributed by atoms with Crippen LogP contribution in [0.3, 0.4) is 0 Å². The van der Waals surface area contributed by atoms with Crippen LogP contribution in [-0.4, -0.2) is 53.4 Å². The standard InChI is InChI=1S/C29H44N4O5/c1-7-10-12-18-31-26(35)25(22-16-14-21(9-3)15-17-22)33(19-13-11-8-2)27(36)23(20-24(30)34)32-28(37)38-29(4,5)6/h3,14-17,23,25H,7-8,10-13,18-20H2,1-2,4-6H3,(H2,30,34)(H,31,35)(H,32,37). The third-order valence-corrected chi connectivity index (χ3v) is 5.71. The molecule has 0 aromatic heterocycles. The van der Waals surface area contributed by atoms with Crippen molar-refractivity contribution in [1.29, 1.82) is 0 Å². The molecule has 2 atom stereocenters. The van der Waals surface area contributed by atoms with Crippen LogP contribution < -0.4 is 16.4 Å². The van der Waals surface area contributed by atoms with Gasteiger partial charge in [0.25, 0.3) is 0 Å². The molecular weight excluding hydrogens is 484 g/mol. The van der Waals surface area contributed by atoms with Crippen molar-refractivity contribution in [3.05, 3.63) is 35.4 Å². The van der Waals surface area contributed by atoms with E-state index in [4.69, 9.17) is 16.9 Å². The summed E-state index contributed by atoms with van der Waals surface area (Å²) < 4.78 is 5.30. The van der Waals surface area contributed by atoms with Crippen molar-refractivity contribution in [2.24, 2.45) is 5.73 Å². The summed E-state index contributed by atoms with van der Waals surface area (Å²) in [6.07, 6.45) is 9.32. The van der Waals surface area contributed by atoms with E-state index in [0.717, 1.165) is 32.1 Å². The number of amides is 4. The minimum absolute atomic E-state index is 0.238. The molecule has 9 heteroatoms. The summed E-state index contributed by atoms with van der Waals surface area (Å²) in [4.78, 5) is 53.3. The van der Waals surface area contributed by atoms with E-state index >= 15 is 0 Å². The predicted octanol–water partition coefficient (Wildman–Crippen LogP) is 3.80. The number of hydrogen-bond donors (Lipinski definition) is 3. The molecule has 1 aromatic carbocycles. The quantitative estimate of drug-likeness (QED) is 0.235. The van der Waals surface area contributed by atoms with E-state index in [-0.39, 0.29) is 12.5 Å². The summed E-state index contributed by atoms with van der Waals surface area (Å²) in [6, 6.07) is 4.56. The number of carbonyl (C=O) groups is 4. The van der Waals surface area contributed by atoms with Gasteiger partial charge in [-0.15, -0.1) is 6.42 Å². The SMILES string of the molecule is C#Cc1ccc(C(C(=O)NCCCCC)N(CCCCC)C(=O)C(CC(N)=O)NC(=O)OC(C)(C)C)cc1. The first-order valence-corrected chi connectivity index (χ1v) is 13.4. The third-order valence-electron chi connectivity index (χ3n) is 5.71. The number of primary amides is 1. The van der Waals surface area contributed by atoms with Gasteiger partial charge < -0.3 is 26.0 Å². The molecular formula is C29H44N4O5. The number of benzene rings is 1. The summed E-state index contributed by atoms with van der Waals surface area (Å²) in [5.41, 5.74) is 5.82. The highest BCUT2D eigenvalue weighted by atomic mass is 16.6. The van der Waals surface area contributed by atoms with Crippen LogP contribution in [0.5, 0.6) is 0 Å². The molecule has 0 radical (unpaired) electrons. The summed E-state index contributed by atoms with van der Waals surface area (Å²) in [5.74, 6) is 0.830. The fourth-order valence-corrected chi connectivity index (χ4v) is 3.87. The van der Waals surface area contributed by atoms with Crippen molar-refractivity contribution in [3.63, 3.8) is 0 Å². The van der Waals surface area contributed by atoms with Crippen LogP contribution in [0, 0.1) is 12.3 Å². The molecule has 4 N–H and O–H groups in total. The Hall–Kier alpha value is -3.54. The first-order valence-electron chi connectivity index (χ1n) is 13.4. The van der Waals surface area contributed by atoms with Crippen molar-refractivity contribution in [2.45, 2.75) is 97.2 Å². The largest absolute Gasteiger partial charge is 0.444 e. The molecule has 0 spiro atoms. The van der Waals surface area contributed by atoms with Gasteiger partial charge in [0.15, 0.2) is 0 Å².